The van der Waals surface area contributed by atoms with Gasteiger partial charge in [0, 0.05) is 16.5 Å². The van der Waals surface area contributed by atoms with Crippen molar-refractivity contribution >= 4 is 21.9 Å². The van der Waals surface area contributed by atoms with Gasteiger partial charge in [0.05, 0.1) is 6.42 Å². The molecule has 0 aliphatic rings. The highest BCUT2D eigenvalue weighted by atomic mass is 79.9. The number of nitrogens with zero attached hydrogens (tertiary/aromatic N) is 2. The van der Waals surface area contributed by atoms with Gasteiger partial charge in [0.2, 0.25) is 11.8 Å². The zero-order valence-electron chi connectivity index (χ0n) is 12.2. The molecule has 112 valence electrons. The summed E-state index contributed by atoms with van der Waals surface area (Å²) in [5, 5.41) is 17.0. The molecule has 0 atom stereocenters. The lowest BCUT2D eigenvalue weighted by molar-refractivity contribution is -0.139. The van der Waals surface area contributed by atoms with Crippen molar-refractivity contribution < 1.29 is 14.3 Å². The van der Waals surface area contributed by atoms with Crippen molar-refractivity contribution in [2.45, 2.75) is 33.6 Å². The highest BCUT2D eigenvalue weighted by Crippen LogP contribution is 2.30. The number of halogens is 1. The van der Waals surface area contributed by atoms with Gasteiger partial charge in [0.1, 0.15) is 0 Å². The largest absolute Gasteiger partial charge is 0.481 e. The van der Waals surface area contributed by atoms with E-state index in [-0.39, 0.29) is 6.42 Å². The Labute approximate surface area is 131 Å². The van der Waals surface area contributed by atoms with Gasteiger partial charge in [-0.05, 0) is 30.0 Å². The molecule has 0 bridgehead atoms. The standard InChI is InChI=1S/C15H17BrN2O3/c1-9-10(5-4-6-11(9)16)14-18-17-12(21-14)7-15(2,3)8-13(19)20/h4-6H,7-8H2,1-3H3,(H,19,20). The van der Waals surface area contributed by atoms with Gasteiger partial charge in [-0.2, -0.15) is 0 Å². The van der Waals surface area contributed by atoms with Crippen LogP contribution in [0, 0.1) is 12.3 Å². The van der Waals surface area contributed by atoms with E-state index in [4.69, 9.17) is 9.52 Å². The Bertz CT molecular complexity index is 665. The summed E-state index contributed by atoms with van der Waals surface area (Å²) in [7, 11) is 0. The van der Waals surface area contributed by atoms with E-state index < -0.39 is 11.4 Å². The molecule has 0 spiro atoms. The Morgan fingerprint density at radius 3 is 2.76 bits per heavy atom. The van der Waals surface area contributed by atoms with E-state index in [2.05, 4.69) is 26.1 Å². The minimum Gasteiger partial charge on any atom is -0.481 e. The highest BCUT2D eigenvalue weighted by molar-refractivity contribution is 9.10. The number of hydrogen-bond acceptors (Lipinski definition) is 4. The molecular weight excluding hydrogens is 336 g/mol. The first-order valence-corrected chi connectivity index (χ1v) is 7.37. The quantitative estimate of drug-likeness (QED) is 0.884. The summed E-state index contributed by atoms with van der Waals surface area (Å²) in [5.74, 6) is 0.0770. The van der Waals surface area contributed by atoms with Gasteiger partial charge in [0.25, 0.3) is 0 Å². The van der Waals surface area contributed by atoms with E-state index in [0.29, 0.717) is 18.2 Å². The second-order valence-corrected chi connectivity index (χ2v) is 6.68. The van der Waals surface area contributed by atoms with Gasteiger partial charge < -0.3 is 9.52 Å². The molecule has 6 heteroatoms. The van der Waals surface area contributed by atoms with E-state index >= 15 is 0 Å². The van der Waals surface area contributed by atoms with Gasteiger partial charge in [0.15, 0.2) is 0 Å². The third kappa shape index (κ3) is 3.91. The van der Waals surface area contributed by atoms with Crippen LogP contribution in [0.15, 0.2) is 27.1 Å². The van der Waals surface area contributed by atoms with Crippen LogP contribution in [-0.2, 0) is 11.2 Å². The molecule has 0 fully saturated rings. The summed E-state index contributed by atoms with van der Waals surface area (Å²) in [6, 6.07) is 5.77. The summed E-state index contributed by atoms with van der Waals surface area (Å²) in [6.07, 6.45) is 0.486. The molecule has 1 heterocycles. The third-order valence-corrected chi connectivity index (χ3v) is 4.08. The number of hydrogen-bond donors (Lipinski definition) is 1. The van der Waals surface area contributed by atoms with Crippen molar-refractivity contribution in [1.82, 2.24) is 10.2 Å². The lowest BCUT2D eigenvalue weighted by atomic mass is 9.86. The van der Waals surface area contributed by atoms with Crippen molar-refractivity contribution in [3.8, 4) is 11.5 Å². The molecule has 5 nitrogen and oxygen atoms in total. The predicted molar refractivity (Wildman–Crippen MR) is 81.9 cm³/mol. The first kappa shape index (κ1) is 15.7. The first-order chi connectivity index (χ1) is 9.78. The molecule has 2 aromatic rings. The maximum Gasteiger partial charge on any atom is 0.303 e. The Hall–Kier alpha value is -1.69. The van der Waals surface area contributed by atoms with E-state index in [1.807, 2.05) is 39.0 Å². The summed E-state index contributed by atoms with van der Waals surface area (Å²) in [4.78, 5) is 10.8. The van der Waals surface area contributed by atoms with Crippen molar-refractivity contribution in [3.05, 3.63) is 34.1 Å². The average molecular weight is 353 g/mol. The van der Waals surface area contributed by atoms with Crippen molar-refractivity contribution in [2.75, 3.05) is 0 Å². The van der Waals surface area contributed by atoms with Gasteiger partial charge >= 0.3 is 5.97 Å². The van der Waals surface area contributed by atoms with Crippen LogP contribution < -0.4 is 0 Å². The predicted octanol–water partition coefficient (Wildman–Crippen LogP) is 3.85. The van der Waals surface area contributed by atoms with E-state index in [1.165, 1.54) is 0 Å². The topological polar surface area (TPSA) is 76.2 Å². The molecule has 1 aromatic carbocycles. The molecule has 0 saturated heterocycles. The minimum absolute atomic E-state index is 0.0562. The maximum absolute atomic E-state index is 10.8. The Balaban J connectivity index is 2.22. The Morgan fingerprint density at radius 1 is 1.38 bits per heavy atom. The fraction of sp³-hybridized carbons (Fsp3) is 0.400. The van der Waals surface area contributed by atoms with Crippen LogP contribution in [0.2, 0.25) is 0 Å². The number of aromatic nitrogens is 2. The average Bonchev–Trinajstić information content (AvgIpc) is 2.78. The summed E-state index contributed by atoms with van der Waals surface area (Å²) >= 11 is 3.47. The Morgan fingerprint density at radius 2 is 2.10 bits per heavy atom. The van der Waals surface area contributed by atoms with E-state index in [1.54, 1.807) is 0 Å². The number of benzene rings is 1. The number of aliphatic carboxylic acids is 1. The number of carbonyl (C=O) groups is 1. The normalized spacial score (nSPS) is 11.6. The van der Waals surface area contributed by atoms with Gasteiger partial charge in [-0.1, -0.05) is 35.8 Å². The second kappa shape index (κ2) is 5.97. The van der Waals surface area contributed by atoms with Crippen molar-refractivity contribution in [1.29, 1.82) is 0 Å². The zero-order valence-corrected chi connectivity index (χ0v) is 13.8. The summed E-state index contributed by atoms with van der Waals surface area (Å²) in [5.41, 5.74) is 1.47. The molecule has 2 rings (SSSR count). The van der Waals surface area contributed by atoms with Crippen LogP contribution in [0.25, 0.3) is 11.5 Å². The van der Waals surface area contributed by atoms with E-state index in [0.717, 1.165) is 15.6 Å². The maximum atomic E-state index is 10.8. The molecule has 1 N–H and O–H groups in total. The first-order valence-electron chi connectivity index (χ1n) is 6.58. The number of rotatable bonds is 5. The second-order valence-electron chi connectivity index (χ2n) is 5.82. The van der Waals surface area contributed by atoms with Crippen molar-refractivity contribution in [3.63, 3.8) is 0 Å². The lowest BCUT2D eigenvalue weighted by Gasteiger charge is -2.19. The fourth-order valence-electron chi connectivity index (χ4n) is 2.15. The highest BCUT2D eigenvalue weighted by Gasteiger charge is 2.25. The van der Waals surface area contributed by atoms with Crippen LogP contribution in [0.3, 0.4) is 0 Å². The Kier molecular flexibility index (Phi) is 4.46. The summed E-state index contributed by atoms with van der Waals surface area (Å²) < 4.78 is 6.66. The summed E-state index contributed by atoms with van der Waals surface area (Å²) in [6.45, 7) is 5.71. The van der Waals surface area contributed by atoms with Gasteiger partial charge in [-0.3, -0.25) is 4.79 Å². The SMILES string of the molecule is Cc1c(Br)cccc1-c1nnc(CC(C)(C)CC(=O)O)o1. The molecule has 21 heavy (non-hydrogen) atoms. The monoisotopic (exact) mass is 352 g/mol. The van der Waals surface area contributed by atoms with Gasteiger partial charge in [-0.25, -0.2) is 0 Å². The fourth-order valence-corrected chi connectivity index (χ4v) is 2.52. The van der Waals surface area contributed by atoms with Crippen LogP contribution >= 0.6 is 15.9 Å². The molecule has 0 amide bonds. The van der Waals surface area contributed by atoms with Crippen LogP contribution in [0.5, 0.6) is 0 Å². The molecular formula is C15H17BrN2O3. The third-order valence-electron chi connectivity index (χ3n) is 3.22. The zero-order chi connectivity index (χ0) is 15.6. The van der Waals surface area contributed by atoms with Gasteiger partial charge in [-0.15, -0.1) is 10.2 Å². The van der Waals surface area contributed by atoms with Crippen LogP contribution in [0.4, 0.5) is 0 Å². The number of carboxylic acid groups (broad SMARTS) is 1. The van der Waals surface area contributed by atoms with E-state index in [9.17, 15) is 4.79 Å². The van der Waals surface area contributed by atoms with Crippen LogP contribution in [-0.4, -0.2) is 21.3 Å². The molecule has 0 aliphatic carbocycles. The molecule has 0 radical (unpaired) electrons. The molecule has 0 saturated carbocycles. The van der Waals surface area contributed by atoms with Crippen molar-refractivity contribution in [2.24, 2.45) is 5.41 Å². The molecule has 0 aliphatic heterocycles. The molecule has 1 aromatic heterocycles. The molecule has 0 unspecified atom stereocenters. The smallest absolute Gasteiger partial charge is 0.303 e. The minimum atomic E-state index is -0.831. The number of carboxylic acids is 1. The lowest BCUT2D eigenvalue weighted by Crippen LogP contribution is -2.19. The van der Waals surface area contributed by atoms with Crippen LogP contribution in [0.1, 0.15) is 31.7 Å².